The largest absolute Gasteiger partial charge is 0.868 e. The van der Waals surface area contributed by atoms with Gasteiger partial charge in [-0.25, -0.2) is 9.97 Å². The van der Waals surface area contributed by atoms with Crippen LogP contribution in [0, 0.1) is 13.8 Å². The number of benzene rings is 1. The predicted molar refractivity (Wildman–Crippen MR) is 120 cm³/mol. The number of thiazole rings is 1. The number of Topliss-reactive ketones (excluding diaryl/α,β-unsaturated/α-hetero) is 1. The number of amides is 1. The Morgan fingerprint density at radius 2 is 1.94 bits per heavy atom. The van der Waals surface area contributed by atoms with E-state index in [1.807, 2.05) is 43.3 Å². The maximum absolute atomic E-state index is 13.5. The number of aromatic nitrogens is 2. The monoisotopic (exact) mass is 447 g/mol. The van der Waals surface area contributed by atoms with Crippen molar-refractivity contribution in [2.75, 3.05) is 0 Å². The number of carbonyl (C=O) groups excluding carboxylic acids is 2. The van der Waals surface area contributed by atoms with Gasteiger partial charge in [-0.3, -0.25) is 9.59 Å². The molecule has 0 saturated heterocycles. The molecule has 1 aromatic carbocycles. The van der Waals surface area contributed by atoms with Gasteiger partial charge in [0.15, 0.2) is 12.4 Å². The Morgan fingerprint density at radius 1 is 1.22 bits per heavy atom. The van der Waals surface area contributed by atoms with E-state index in [9.17, 15) is 14.7 Å². The standard InChI is InChI=1S/C25H25N3O3S/c1-14(2)18-7-9-19(10-8-18)21-20(22(29)24-15(3)27-16(4)32-24)23(30)25(31)28(21)13-17-6-5-11-26-12-17/h5-12,14,21,30H,13H2,1-4H3. The number of rotatable bonds is 6. The summed E-state index contributed by atoms with van der Waals surface area (Å²) in [7, 11) is 0. The Bertz CT molecular complexity index is 1200. The average molecular weight is 448 g/mol. The number of aromatic amines is 1. The Morgan fingerprint density at radius 3 is 2.50 bits per heavy atom. The highest BCUT2D eigenvalue weighted by Crippen LogP contribution is 2.40. The number of aryl methyl sites for hydroxylation is 2. The molecule has 0 fully saturated rings. The quantitative estimate of drug-likeness (QED) is 0.543. The van der Waals surface area contributed by atoms with E-state index in [1.165, 1.54) is 16.2 Å². The van der Waals surface area contributed by atoms with E-state index in [-0.39, 0.29) is 12.1 Å². The van der Waals surface area contributed by atoms with Crippen LogP contribution in [0.5, 0.6) is 0 Å². The van der Waals surface area contributed by atoms with Crippen LogP contribution < -0.4 is 10.1 Å². The Labute approximate surface area is 191 Å². The van der Waals surface area contributed by atoms with Crippen LogP contribution in [-0.2, 0) is 11.3 Å². The van der Waals surface area contributed by atoms with E-state index < -0.39 is 23.5 Å². The predicted octanol–water partition coefficient (Wildman–Crippen LogP) is 3.28. The van der Waals surface area contributed by atoms with Crippen molar-refractivity contribution in [1.29, 1.82) is 0 Å². The highest BCUT2D eigenvalue weighted by Gasteiger charge is 2.40. The number of carbonyl (C=O) groups is 2. The molecule has 1 amide bonds. The van der Waals surface area contributed by atoms with Crippen LogP contribution in [0.15, 0.2) is 60.1 Å². The minimum absolute atomic E-state index is 0.000965. The number of nitrogens with zero attached hydrogens (tertiary/aromatic N) is 2. The first-order valence-corrected chi connectivity index (χ1v) is 11.3. The van der Waals surface area contributed by atoms with E-state index in [0.29, 0.717) is 16.5 Å². The van der Waals surface area contributed by atoms with Crippen molar-refractivity contribution >= 4 is 23.0 Å². The van der Waals surface area contributed by atoms with Crippen LogP contribution in [0.3, 0.4) is 0 Å². The molecule has 164 valence electrons. The van der Waals surface area contributed by atoms with E-state index in [0.717, 1.165) is 21.7 Å². The molecule has 0 aliphatic carbocycles. The molecule has 32 heavy (non-hydrogen) atoms. The molecule has 1 aliphatic rings. The third-order valence-electron chi connectivity index (χ3n) is 5.68. The molecule has 3 heterocycles. The van der Waals surface area contributed by atoms with Gasteiger partial charge in [-0.05, 0) is 42.7 Å². The molecular weight excluding hydrogens is 422 g/mol. The number of hydrogen-bond acceptors (Lipinski definition) is 5. The van der Waals surface area contributed by atoms with Crippen LogP contribution in [0.2, 0.25) is 0 Å². The first-order valence-electron chi connectivity index (χ1n) is 10.5. The summed E-state index contributed by atoms with van der Waals surface area (Å²) in [5.74, 6) is -1.46. The summed E-state index contributed by atoms with van der Waals surface area (Å²) in [5, 5.41) is 13.9. The van der Waals surface area contributed by atoms with Crippen molar-refractivity contribution in [2.45, 2.75) is 46.2 Å². The summed E-state index contributed by atoms with van der Waals surface area (Å²) in [6.45, 7) is 8.00. The Kier molecular flexibility index (Phi) is 5.93. The number of H-pyrrole nitrogens is 1. The first-order chi connectivity index (χ1) is 15.3. The topological polar surface area (TPSA) is 87.5 Å². The summed E-state index contributed by atoms with van der Waals surface area (Å²) >= 11 is 1.25. The molecule has 0 radical (unpaired) electrons. The second-order valence-corrected chi connectivity index (χ2v) is 9.49. The fourth-order valence-corrected chi connectivity index (χ4v) is 4.91. The van der Waals surface area contributed by atoms with E-state index in [1.54, 1.807) is 19.3 Å². The third kappa shape index (κ3) is 3.96. The van der Waals surface area contributed by atoms with Crippen molar-refractivity contribution in [3.05, 3.63) is 92.4 Å². The molecule has 3 aromatic rings. The number of nitrogens with one attached hydrogen (secondary N) is 1. The van der Waals surface area contributed by atoms with Crippen LogP contribution in [0.1, 0.15) is 62.9 Å². The maximum Gasteiger partial charge on any atom is 0.240 e. The molecule has 0 bridgehead atoms. The van der Waals surface area contributed by atoms with Gasteiger partial charge in [0.05, 0.1) is 28.2 Å². The summed E-state index contributed by atoms with van der Waals surface area (Å²) < 4.78 is 0. The first kappa shape index (κ1) is 21.9. The summed E-state index contributed by atoms with van der Waals surface area (Å²) in [4.78, 5) is 35.8. The summed E-state index contributed by atoms with van der Waals surface area (Å²) in [5.41, 5.74) is 3.32. The number of hydrogen-bond donors (Lipinski definition) is 0. The van der Waals surface area contributed by atoms with Crippen LogP contribution >= 0.6 is 11.3 Å². The molecule has 4 rings (SSSR count). The molecule has 1 N–H and O–H groups in total. The lowest BCUT2D eigenvalue weighted by Crippen LogP contribution is -2.32. The molecule has 7 heteroatoms. The maximum atomic E-state index is 13.5. The van der Waals surface area contributed by atoms with Crippen LogP contribution in [0.25, 0.3) is 0 Å². The van der Waals surface area contributed by atoms with E-state index >= 15 is 0 Å². The van der Waals surface area contributed by atoms with Gasteiger partial charge in [0, 0.05) is 17.2 Å². The lowest BCUT2D eigenvalue weighted by Gasteiger charge is -2.27. The van der Waals surface area contributed by atoms with Gasteiger partial charge in [-0.2, -0.15) is 0 Å². The molecule has 1 aliphatic heterocycles. The summed E-state index contributed by atoms with van der Waals surface area (Å²) in [6, 6.07) is 10.8. The van der Waals surface area contributed by atoms with Crippen molar-refractivity contribution < 1.29 is 19.7 Å². The summed E-state index contributed by atoms with van der Waals surface area (Å²) in [6.07, 6.45) is 3.56. The van der Waals surface area contributed by atoms with Crippen molar-refractivity contribution in [1.82, 2.24) is 9.88 Å². The molecule has 1 atom stereocenters. The zero-order chi connectivity index (χ0) is 23.0. The minimum atomic E-state index is -0.745. The van der Waals surface area contributed by atoms with Gasteiger partial charge in [-0.1, -0.05) is 38.1 Å². The normalized spacial score (nSPS) is 16.3. The SMILES string of the molecule is Cc1nc(C)c(C(=O)C2=C([O-])C(=O)N(Cc3ccc[nH+]c3)C2c2ccc(C(C)C)cc2)s1. The molecule has 2 aromatic heterocycles. The molecule has 0 spiro atoms. The second-order valence-electron chi connectivity index (χ2n) is 8.29. The fraction of sp³-hybridized carbons (Fsp3) is 0.280. The molecule has 0 saturated carbocycles. The number of ketones is 1. The fourth-order valence-electron chi connectivity index (χ4n) is 4.03. The van der Waals surface area contributed by atoms with Gasteiger partial charge in [0.25, 0.3) is 0 Å². The van der Waals surface area contributed by atoms with Gasteiger partial charge in [-0.15, -0.1) is 11.3 Å². The highest BCUT2D eigenvalue weighted by molar-refractivity contribution is 7.14. The molecule has 1 unspecified atom stereocenters. The molecule has 6 nitrogen and oxygen atoms in total. The van der Waals surface area contributed by atoms with Gasteiger partial charge >= 0.3 is 0 Å². The Balaban J connectivity index is 1.81. The smallest absolute Gasteiger partial charge is 0.240 e. The zero-order valence-corrected chi connectivity index (χ0v) is 19.3. The van der Waals surface area contributed by atoms with Crippen LogP contribution in [-0.4, -0.2) is 21.6 Å². The second kappa shape index (κ2) is 8.67. The molecular formula is C25H25N3O3S. The Hall–Kier alpha value is -3.32. The van der Waals surface area contributed by atoms with Gasteiger partial charge in [0.1, 0.15) is 0 Å². The van der Waals surface area contributed by atoms with Crippen molar-refractivity contribution in [2.24, 2.45) is 0 Å². The van der Waals surface area contributed by atoms with Crippen molar-refractivity contribution in [3.8, 4) is 0 Å². The average Bonchev–Trinajstić information content (AvgIpc) is 3.24. The minimum Gasteiger partial charge on any atom is -0.868 e. The van der Waals surface area contributed by atoms with Crippen molar-refractivity contribution in [3.63, 3.8) is 0 Å². The third-order valence-corrected chi connectivity index (χ3v) is 6.75. The number of pyridine rings is 1. The lowest BCUT2D eigenvalue weighted by molar-refractivity contribution is -0.378. The van der Waals surface area contributed by atoms with E-state index in [4.69, 9.17) is 0 Å². The van der Waals surface area contributed by atoms with Gasteiger partial charge < -0.3 is 10.0 Å². The van der Waals surface area contributed by atoms with Crippen LogP contribution in [0.4, 0.5) is 0 Å². The lowest BCUT2D eigenvalue weighted by atomic mass is 9.93. The van der Waals surface area contributed by atoms with E-state index in [2.05, 4.69) is 23.8 Å². The zero-order valence-electron chi connectivity index (χ0n) is 18.5. The highest BCUT2D eigenvalue weighted by atomic mass is 32.1. The van der Waals surface area contributed by atoms with Gasteiger partial charge in [0.2, 0.25) is 11.7 Å².